The first-order chi connectivity index (χ1) is 28.9. The molecule has 12 bridgehead atoms. The molecule has 15 rings (SSSR count). The predicted molar refractivity (Wildman–Crippen MR) is 240 cm³/mol. The number of carbonyl (C=O) groups excluding carboxylic acids is 3. The van der Waals surface area contributed by atoms with Crippen LogP contribution in [0.1, 0.15) is 118 Å². The largest absolute Gasteiger partial charge is 0.326 e. The third-order valence-corrected chi connectivity index (χ3v) is 13.5. The van der Waals surface area contributed by atoms with Crippen molar-refractivity contribution in [3.8, 4) is 0 Å². The molecule has 8 heteroatoms. The molecule has 0 atom stereocenters. The molecule has 2 spiro atoms. The fraction of sp³-hybridized carbons (Fsp3) is 0.235. The lowest BCUT2D eigenvalue weighted by molar-refractivity contribution is 0.101. The maximum atomic E-state index is 13.5. The van der Waals surface area contributed by atoms with Gasteiger partial charge in [0.15, 0.2) is 0 Å². The summed E-state index contributed by atoms with van der Waals surface area (Å²) in [7, 11) is 0. The van der Waals surface area contributed by atoms with Gasteiger partial charge in [-0.3, -0.25) is 14.4 Å². The Bertz CT molecular complexity index is 2470. The third-order valence-electron chi connectivity index (χ3n) is 12.7. The van der Waals surface area contributed by atoms with Crippen LogP contribution in [0.25, 0.3) is 0 Å². The molecule has 0 aromatic heterocycles. The Morgan fingerprint density at radius 1 is 0.373 bits per heavy atom. The van der Waals surface area contributed by atoms with Crippen molar-refractivity contribution in [3.63, 3.8) is 0 Å². The van der Waals surface area contributed by atoms with Gasteiger partial charge in [0.05, 0.1) is 0 Å². The normalized spacial score (nSPS) is 17.7. The van der Waals surface area contributed by atoms with E-state index in [9.17, 15) is 14.4 Å². The Labute approximate surface area is 350 Å². The molecule has 0 saturated heterocycles. The van der Waals surface area contributed by atoms with Crippen LogP contribution in [0.15, 0.2) is 150 Å². The van der Waals surface area contributed by atoms with Crippen molar-refractivity contribution in [2.75, 3.05) is 20.7 Å². The van der Waals surface area contributed by atoms with E-state index in [1.54, 1.807) is 24.3 Å². The highest BCUT2D eigenvalue weighted by atomic mass is 32.2. The Kier molecular flexibility index (Phi) is 10.8. The maximum absolute atomic E-state index is 13.5. The van der Waals surface area contributed by atoms with Gasteiger partial charge in [0, 0.05) is 55.2 Å². The lowest BCUT2D eigenvalue weighted by Gasteiger charge is -2.39. The van der Waals surface area contributed by atoms with E-state index in [1.807, 2.05) is 60.7 Å². The Morgan fingerprint density at radius 2 is 0.712 bits per heavy atom. The van der Waals surface area contributed by atoms with Crippen molar-refractivity contribution < 1.29 is 14.4 Å². The Morgan fingerprint density at radius 3 is 1.10 bits per heavy atom. The van der Waals surface area contributed by atoms with Gasteiger partial charge in [0.2, 0.25) is 0 Å². The van der Waals surface area contributed by atoms with Crippen LogP contribution < -0.4 is 20.7 Å². The van der Waals surface area contributed by atoms with Gasteiger partial charge in [0.25, 0.3) is 17.7 Å². The molecule has 2 aliphatic carbocycles. The molecule has 9 aliphatic rings. The van der Waals surface area contributed by atoms with Crippen LogP contribution in [0.4, 0.5) is 22.7 Å². The molecule has 6 aromatic carbocycles. The van der Waals surface area contributed by atoms with Gasteiger partial charge in [-0.15, -0.1) is 0 Å². The second-order valence-corrected chi connectivity index (χ2v) is 17.1. The highest BCUT2D eigenvalue weighted by Gasteiger charge is 2.37. The standard InChI is InChI=1S/C51H48N4O3S/c56-47-35-9-7-10-36(33-35)48(57)53-43-23-15-40(16-24-43)51(31-5-2-6-32-51)41-19-27-45(28-20-41)55-59-46-12-8-11-37(34-46)49(58)54-44-25-17-39(18-26-44)50(29-3-1-4-30-50)38-13-21-42(52-47)22-14-38/h7-28,33-34,55H,1-6,29-32H2,(H,52,56)(H,53,57)(H,54,58). The fourth-order valence-corrected chi connectivity index (χ4v) is 10.2. The number of hydrogen-bond donors (Lipinski definition) is 4. The molecular weight excluding hydrogens is 749 g/mol. The van der Waals surface area contributed by atoms with Crippen molar-refractivity contribution >= 4 is 52.4 Å². The zero-order valence-corrected chi connectivity index (χ0v) is 33.9. The van der Waals surface area contributed by atoms with E-state index in [-0.39, 0.29) is 28.6 Å². The molecule has 59 heavy (non-hydrogen) atoms. The van der Waals surface area contributed by atoms with Crippen LogP contribution >= 0.6 is 11.9 Å². The summed E-state index contributed by atoms with van der Waals surface area (Å²) in [4.78, 5) is 41.5. The number of carbonyl (C=O) groups is 3. The maximum Gasteiger partial charge on any atom is 0.255 e. The smallest absolute Gasteiger partial charge is 0.255 e. The quantitative estimate of drug-likeness (QED) is 0.115. The number of hydrogen-bond acceptors (Lipinski definition) is 5. The average molecular weight is 797 g/mol. The minimum Gasteiger partial charge on any atom is -0.326 e. The van der Waals surface area contributed by atoms with Gasteiger partial charge in [-0.25, -0.2) is 0 Å². The van der Waals surface area contributed by atoms with Gasteiger partial charge in [-0.1, -0.05) is 99.2 Å². The van der Waals surface area contributed by atoms with E-state index in [1.165, 1.54) is 47.0 Å². The molecule has 6 aromatic rings. The first-order valence-electron chi connectivity index (χ1n) is 20.9. The molecule has 2 fully saturated rings. The number of amides is 3. The molecule has 4 N–H and O–H groups in total. The van der Waals surface area contributed by atoms with Crippen LogP contribution in [-0.2, 0) is 10.8 Å². The zero-order valence-electron chi connectivity index (χ0n) is 33.1. The second kappa shape index (κ2) is 16.6. The SMILES string of the molecule is O=C1Nc2ccc(cc2)C2(CCCCC2)c2ccc(cc2)NC(=O)c2cccc(c2)C(=O)Nc2ccc(cc2)C2(CCCCC2)c2ccc(cc2)NSc2cccc1c2. The van der Waals surface area contributed by atoms with Crippen molar-refractivity contribution in [1.82, 2.24) is 0 Å². The molecule has 7 nitrogen and oxygen atoms in total. The van der Waals surface area contributed by atoms with Gasteiger partial charge in [-0.2, -0.15) is 0 Å². The summed E-state index contributed by atoms with van der Waals surface area (Å²) in [5, 5.41) is 9.22. The molecule has 0 unspecified atom stereocenters. The van der Waals surface area contributed by atoms with E-state index in [4.69, 9.17) is 0 Å². The molecule has 7 aliphatic heterocycles. The molecule has 0 radical (unpaired) electrons. The number of nitrogens with one attached hydrogen (secondary N) is 4. The molecule has 3 amide bonds. The Hall–Kier alpha value is -6.12. The number of rotatable bonds is 0. The van der Waals surface area contributed by atoms with Crippen LogP contribution in [-0.4, -0.2) is 17.7 Å². The first-order valence-corrected chi connectivity index (χ1v) is 21.7. The van der Waals surface area contributed by atoms with Crippen molar-refractivity contribution in [2.24, 2.45) is 0 Å². The highest BCUT2D eigenvalue weighted by Crippen LogP contribution is 2.47. The zero-order chi connectivity index (χ0) is 40.2. The second-order valence-electron chi connectivity index (χ2n) is 16.3. The third kappa shape index (κ3) is 8.02. The molecule has 7 heterocycles. The van der Waals surface area contributed by atoms with Gasteiger partial charge < -0.3 is 20.7 Å². The van der Waals surface area contributed by atoms with Gasteiger partial charge in [-0.05, 0) is 145 Å². The van der Waals surface area contributed by atoms with E-state index in [0.29, 0.717) is 28.1 Å². The average Bonchev–Trinajstić information content (AvgIpc) is 3.29. The van der Waals surface area contributed by atoms with Crippen molar-refractivity contribution in [2.45, 2.75) is 79.9 Å². The van der Waals surface area contributed by atoms with Gasteiger partial charge in [0.1, 0.15) is 0 Å². The van der Waals surface area contributed by atoms with Crippen LogP contribution in [0.3, 0.4) is 0 Å². The summed E-state index contributed by atoms with van der Waals surface area (Å²) < 4.78 is 3.49. The van der Waals surface area contributed by atoms with Crippen molar-refractivity contribution in [3.05, 3.63) is 185 Å². The molecule has 2 saturated carbocycles. The predicted octanol–water partition coefficient (Wildman–Crippen LogP) is 12.4. The van der Waals surface area contributed by atoms with Crippen LogP contribution in [0.2, 0.25) is 0 Å². The van der Waals surface area contributed by atoms with E-state index < -0.39 is 0 Å². The van der Waals surface area contributed by atoms with Crippen molar-refractivity contribution in [1.29, 1.82) is 0 Å². The molecular formula is C51H48N4O3S. The topological polar surface area (TPSA) is 99.3 Å². The summed E-state index contributed by atoms with van der Waals surface area (Å²) in [5.41, 5.74) is 9.20. The highest BCUT2D eigenvalue weighted by molar-refractivity contribution is 8.00. The summed E-state index contributed by atoms with van der Waals surface area (Å²) in [5.74, 6) is -0.698. The fourth-order valence-electron chi connectivity index (χ4n) is 9.50. The summed E-state index contributed by atoms with van der Waals surface area (Å²) in [6.07, 6.45) is 11.1. The van der Waals surface area contributed by atoms with Crippen LogP contribution in [0, 0.1) is 0 Å². The minimum absolute atomic E-state index is 0.119. The minimum atomic E-state index is -0.278. The number of anilines is 4. The monoisotopic (exact) mass is 796 g/mol. The van der Waals surface area contributed by atoms with E-state index in [0.717, 1.165) is 67.6 Å². The Balaban J connectivity index is 1.04. The lowest BCUT2D eigenvalue weighted by atomic mass is 9.65. The first kappa shape index (κ1) is 38.4. The summed E-state index contributed by atoms with van der Waals surface area (Å²) in [6, 6.07) is 48.0. The van der Waals surface area contributed by atoms with E-state index >= 15 is 0 Å². The summed E-state index contributed by atoms with van der Waals surface area (Å²) in [6.45, 7) is 0. The van der Waals surface area contributed by atoms with E-state index in [2.05, 4.69) is 81.3 Å². The van der Waals surface area contributed by atoms with Gasteiger partial charge >= 0.3 is 0 Å². The number of benzene rings is 6. The molecule has 296 valence electrons. The summed E-state index contributed by atoms with van der Waals surface area (Å²) >= 11 is 1.49. The lowest BCUT2D eigenvalue weighted by Crippen LogP contribution is -2.30. The van der Waals surface area contributed by atoms with Crippen LogP contribution in [0.5, 0.6) is 0 Å².